The third-order valence-corrected chi connectivity index (χ3v) is 5.92. The Bertz CT molecular complexity index is 1000. The van der Waals surface area contributed by atoms with E-state index in [2.05, 4.69) is 9.88 Å². The van der Waals surface area contributed by atoms with Crippen LogP contribution in [0, 0.1) is 0 Å². The first kappa shape index (κ1) is 22.9. The maximum Gasteiger partial charge on any atom is 0.295 e. The van der Waals surface area contributed by atoms with Crippen molar-refractivity contribution in [2.75, 3.05) is 46.0 Å². The zero-order valence-corrected chi connectivity index (χ0v) is 18.8. The van der Waals surface area contributed by atoms with Gasteiger partial charge < -0.3 is 19.5 Å². The van der Waals surface area contributed by atoms with Crippen molar-refractivity contribution >= 4 is 17.4 Å². The van der Waals surface area contributed by atoms with Gasteiger partial charge in [-0.25, -0.2) is 0 Å². The number of aliphatic hydroxyl groups excluding tert-OH is 1. The van der Waals surface area contributed by atoms with Gasteiger partial charge in [-0.2, -0.15) is 0 Å². The monoisotopic (exact) mass is 451 g/mol. The fourth-order valence-corrected chi connectivity index (χ4v) is 4.28. The molecule has 4 rings (SSSR count). The lowest BCUT2D eigenvalue weighted by Gasteiger charge is -2.28. The van der Waals surface area contributed by atoms with Crippen molar-refractivity contribution in [3.8, 4) is 5.75 Å². The van der Waals surface area contributed by atoms with Crippen molar-refractivity contribution in [2.45, 2.75) is 19.4 Å². The van der Waals surface area contributed by atoms with E-state index in [1.165, 1.54) is 4.90 Å². The quantitative estimate of drug-likeness (QED) is 0.375. The standard InChI is InChI=1S/C25H29N3O5/c1-2-33-19-9-7-18(8-10-19)23(29)21-22(20-6-3-4-11-26-20)28(25(31)24(21)30)13-5-12-27-14-16-32-17-15-27/h3-4,6-11,22,29H,2,5,12-17H2,1H3/b23-21+/t22-/m1/s1. The van der Waals surface area contributed by atoms with E-state index in [9.17, 15) is 14.7 Å². The molecule has 2 aliphatic rings. The van der Waals surface area contributed by atoms with E-state index in [1.807, 2.05) is 13.0 Å². The van der Waals surface area contributed by atoms with Gasteiger partial charge in [0.15, 0.2) is 0 Å². The number of hydrogen-bond donors (Lipinski definition) is 1. The van der Waals surface area contributed by atoms with E-state index in [0.717, 1.165) is 19.6 Å². The maximum atomic E-state index is 13.1. The fraction of sp³-hybridized carbons (Fsp3) is 0.400. The molecule has 0 bridgehead atoms. The summed E-state index contributed by atoms with van der Waals surface area (Å²) >= 11 is 0. The number of benzene rings is 1. The highest BCUT2D eigenvalue weighted by atomic mass is 16.5. The minimum Gasteiger partial charge on any atom is -0.507 e. The second kappa shape index (κ2) is 10.6. The van der Waals surface area contributed by atoms with Gasteiger partial charge in [0.05, 0.1) is 31.1 Å². The molecular weight excluding hydrogens is 422 g/mol. The van der Waals surface area contributed by atoms with Crippen LogP contribution in [0.25, 0.3) is 5.76 Å². The third-order valence-electron chi connectivity index (χ3n) is 5.92. The average Bonchev–Trinajstić information content (AvgIpc) is 3.10. The summed E-state index contributed by atoms with van der Waals surface area (Å²) in [6.07, 6.45) is 2.33. The Morgan fingerprint density at radius 1 is 1.12 bits per heavy atom. The van der Waals surface area contributed by atoms with Gasteiger partial charge in [0.2, 0.25) is 0 Å². The highest BCUT2D eigenvalue weighted by molar-refractivity contribution is 6.46. The molecule has 0 unspecified atom stereocenters. The largest absolute Gasteiger partial charge is 0.507 e. The predicted octanol–water partition coefficient (Wildman–Crippen LogP) is 2.62. The first-order valence-electron chi connectivity index (χ1n) is 11.3. The summed E-state index contributed by atoms with van der Waals surface area (Å²) in [5.74, 6) is -0.842. The smallest absolute Gasteiger partial charge is 0.295 e. The minimum atomic E-state index is -0.734. The van der Waals surface area contributed by atoms with Crippen LogP contribution < -0.4 is 4.74 Å². The molecule has 3 heterocycles. The highest BCUT2D eigenvalue weighted by Crippen LogP contribution is 2.38. The molecule has 1 N–H and O–H groups in total. The fourth-order valence-electron chi connectivity index (χ4n) is 4.28. The first-order valence-corrected chi connectivity index (χ1v) is 11.3. The third kappa shape index (κ3) is 5.07. The Morgan fingerprint density at radius 2 is 1.88 bits per heavy atom. The van der Waals surface area contributed by atoms with Crippen LogP contribution in [0.1, 0.15) is 30.6 Å². The van der Waals surface area contributed by atoms with Gasteiger partial charge in [-0.3, -0.25) is 19.5 Å². The van der Waals surface area contributed by atoms with Crippen LogP contribution in [0.4, 0.5) is 0 Å². The molecule has 1 amide bonds. The molecule has 1 aromatic heterocycles. The Hall–Kier alpha value is -3.23. The summed E-state index contributed by atoms with van der Waals surface area (Å²) in [6, 6.07) is 11.5. The highest BCUT2D eigenvalue weighted by Gasteiger charge is 2.46. The molecule has 8 nitrogen and oxygen atoms in total. The van der Waals surface area contributed by atoms with E-state index < -0.39 is 17.7 Å². The van der Waals surface area contributed by atoms with E-state index in [0.29, 0.717) is 49.8 Å². The van der Waals surface area contributed by atoms with Crippen LogP contribution in [0.5, 0.6) is 5.75 Å². The SMILES string of the molecule is CCOc1ccc(/C(O)=C2\C(=O)C(=O)N(CCCN3CCOCC3)[C@@H]2c2ccccn2)cc1. The van der Waals surface area contributed by atoms with Gasteiger partial charge in [0.1, 0.15) is 17.6 Å². The lowest BCUT2D eigenvalue weighted by molar-refractivity contribution is -0.140. The van der Waals surface area contributed by atoms with E-state index in [-0.39, 0.29) is 11.3 Å². The van der Waals surface area contributed by atoms with Gasteiger partial charge >= 0.3 is 0 Å². The molecule has 1 aromatic carbocycles. The number of carbonyl (C=O) groups excluding carboxylic acids is 2. The number of morpholine rings is 1. The van der Waals surface area contributed by atoms with Crippen LogP contribution in [0.15, 0.2) is 54.2 Å². The van der Waals surface area contributed by atoms with Crippen molar-refractivity contribution in [2.24, 2.45) is 0 Å². The molecule has 2 aromatic rings. The Labute approximate surface area is 193 Å². The number of nitrogens with zero attached hydrogens (tertiary/aromatic N) is 3. The number of ketones is 1. The van der Waals surface area contributed by atoms with Gasteiger partial charge in [0, 0.05) is 37.9 Å². The van der Waals surface area contributed by atoms with Crippen molar-refractivity contribution in [1.82, 2.24) is 14.8 Å². The summed E-state index contributed by atoms with van der Waals surface area (Å²) in [6.45, 7) is 6.76. The van der Waals surface area contributed by atoms with E-state index >= 15 is 0 Å². The van der Waals surface area contributed by atoms with Crippen LogP contribution in [0.2, 0.25) is 0 Å². The van der Waals surface area contributed by atoms with Crippen molar-refractivity contribution < 1.29 is 24.2 Å². The lowest BCUT2D eigenvalue weighted by Crippen LogP contribution is -2.39. The Balaban J connectivity index is 1.62. The van der Waals surface area contributed by atoms with Crippen LogP contribution >= 0.6 is 0 Å². The molecule has 1 atom stereocenters. The molecule has 0 spiro atoms. The number of pyridine rings is 1. The zero-order valence-electron chi connectivity index (χ0n) is 18.8. The van der Waals surface area contributed by atoms with Crippen LogP contribution in [-0.2, 0) is 14.3 Å². The second-order valence-corrected chi connectivity index (χ2v) is 8.01. The number of hydrogen-bond acceptors (Lipinski definition) is 7. The molecular formula is C25H29N3O5. The second-order valence-electron chi connectivity index (χ2n) is 8.01. The number of rotatable bonds is 8. The molecule has 2 fully saturated rings. The summed E-state index contributed by atoms with van der Waals surface area (Å²) in [7, 11) is 0. The number of aromatic nitrogens is 1. The van der Waals surface area contributed by atoms with Gasteiger partial charge in [-0.1, -0.05) is 6.07 Å². The van der Waals surface area contributed by atoms with Crippen molar-refractivity contribution in [1.29, 1.82) is 0 Å². The van der Waals surface area contributed by atoms with Crippen molar-refractivity contribution in [3.63, 3.8) is 0 Å². The van der Waals surface area contributed by atoms with Gasteiger partial charge in [0.25, 0.3) is 11.7 Å². The molecule has 8 heteroatoms. The summed E-state index contributed by atoms with van der Waals surface area (Å²) in [4.78, 5) is 34.3. The Morgan fingerprint density at radius 3 is 2.55 bits per heavy atom. The van der Waals surface area contributed by atoms with Crippen molar-refractivity contribution in [3.05, 3.63) is 65.5 Å². The molecule has 2 aliphatic heterocycles. The van der Waals surface area contributed by atoms with Crippen LogP contribution in [0.3, 0.4) is 0 Å². The maximum absolute atomic E-state index is 13.1. The summed E-state index contributed by atoms with van der Waals surface area (Å²) < 4.78 is 10.8. The number of aliphatic hydroxyl groups is 1. The van der Waals surface area contributed by atoms with E-state index in [1.54, 1.807) is 42.6 Å². The van der Waals surface area contributed by atoms with Crippen LogP contribution in [-0.4, -0.2) is 77.6 Å². The number of ether oxygens (including phenoxy) is 2. The minimum absolute atomic E-state index is 0.0641. The number of Topliss-reactive ketones (excluding diaryl/α,β-unsaturated/α-hetero) is 1. The molecule has 174 valence electrons. The number of likely N-dealkylation sites (tertiary alicyclic amines) is 1. The summed E-state index contributed by atoms with van der Waals surface area (Å²) in [5, 5.41) is 11.1. The normalized spacial score (nSPS) is 20.9. The predicted molar refractivity (Wildman–Crippen MR) is 123 cm³/mol. The topological polar surface area (TPSA) is 92.2 Å². The number of amides is 1. The first-order chi connectivity index (χ1) is 16.1. The molecule has 0 saturated carbocycles. The van der Waals surface area contributed by atoms with Gasteiger partial charge in [-0.15, -0.1) is 0 Å². The zero-order chi connectivity index (χ0) is 23.2. The lowest BCUT2D eigenvalue weighted by atomic mass is 9.98. The average molecular weight is 452 g/mol. The Kier molecular flexibility index (Phi) is 7.36. The molecule has 33 heavy (non-hydrogen) atoms. The molecule has 0 radical (unpaired) electrons. The number of carbonyl (C=O) groups is 2. The van der Waals surface area contributed by atoms with Gasteiger partial charge in [-0.05, 0) is 49.7 Å². The molecule has 2 saturated heterocycles. The molecule has 0 aliphatic carbocycles. The summed E-state index contributed by atoms with van der Waals surface area (Å²) in [5.41, 5.74) is 1.07. The van der Waals surface area contributed by atoms with E-state index in [4.69, 9.17) is 9.47 Å².